The van der Waals surface area contributed by atoms with Gasteiger partial charge in [-0.2, -0.15) is 0 Å². The number of aromatic nitrogens is 3. The molecule has 9 amide bonds. The number of amides is 9. The molecular formula is C69H97N13O12. The highest BCUT2D eigenvalue weighted by Gasteiger charge is 2.41. The van der Waals surface area contributed by atoms with E-state index in [9.17, 15) is 43.8 Å². The number of likely N-dealkylation sites (tertiary alicyclic amines) is 1. The predicted molar refractivity (Wildman–Crippen MR) is 355 cm³/mol. The van der Waals surface area contributed by atoms with Crippen molar-refractivity contribution in [3.05, 3.63) is 120 Å². The van der Waals surface area contributed by atoms with Gasteiger partial charge in [-0.25, -0.2) is 9.78 Å². The van der Waals surface area contributed by atoms with E-state index in [1.165, 1.54) is 29.6 Å². The lowest BCUT2D eigenvalue weighted by Crippen LogP contribution is -2.62. The lowest BCUT2D eigenvalue weighted by molar-refractivity contribution is -0.143. The van der Waals surface area contributed by atoms with E-state index in [4.69, 9.17) is 5.73 Å². The lowest BCUT2D eigenvalue weighted by Gasteiger charge is -2.31. The minimum Gasteiger partial charge on any atom is -0.508 e. The predicted octanol–water partition coefficient (Wildman–Crippen LogP) is 3.99. The number of carbonyl (C=O) groups is 10. The Morgan fingerprint density at radius 1 is 0.564 bits per heavy atom. The number of nitrogens with zero attached hydrogens (tertiary/aromatic N) is 2. The average molecular weight is 1300 g/mol. The number of hydrogen-bond acceptors (Lipinski definition) is 13. The second-order valence-electron chi connectivity index (χ2n) is 26.1. The van der Waals surface area contributed by atoms with Gasteiger partial charge in [-0.15, -0.1) is 0 Å². The lowest BCUT2D eigenvalue weighted by atomic mass is 9.95. The second-order valence-corrected chi connectivity index (χ2v) is 26.1. The van der Waals surface area contributed by atoms with E-state index in [1.54, 1.807) is 69.4 Å². The van der Waals surface area contributed by atoms with Crippen molar-refractivity contribution >= 4 is 70.0 Å². The quantitative estimate of drug-likeness (QED) is 0.0273. The zero-order valence-electron chi connectivity index (χ0n) is 55.6. The summed E-state index contributed by atoms with van der Waals surface area (Å²) in [5.41, 5.74) is 9.29. The number of carbonyl (C=O) groups excluding carboxylic acids is 9. The van der Waals surface area contributed by atoms with Crippen molar-refractivity contribution in [2.24, 2.45) is 35.3 Å². The molecule has 2 aromatic heterocycles. The van der Waals surface area contributed by atoms with E-state index >= 15 is 14.4 Å². The number of nitrogens with one attached hydrogen (secondary N) is 10. The molecule has 1 aliphatic rings. The van der Waals surface area contributed by atoms with Gasteiger partial charge in [0.15, 0.2) is 0 Å². The Kier molecular flexibility index (Phi) is 27.7. The molecule has 1 aliphatic heterocycles. The molecule has 1 saturated heterocycles. The maximum absolute atomic E-state index is 15.2. The van der Waals surface area contributed by atoms with Gasteiger partial charge < -0.3 is 73.3 Å². The molecule has 0 aliphatic carbocycles. The first-order chi connectivity index (χ1) is 44.7. The minimum absolute atomic E-state index is 0.0556. The first kappa shape index (κ1) is 73.9. The molecule has 6 rings (SSSR count). The molecule has 0 radical (unpaired) electrons. The van der Waals surface area contributed by atoms with Crippen LogP contribution in [0.15, 0.2) is 97.6 Å². The minimum atomic E-state index is -1.42. The Labute approximate surface area is 549 Å². The van der Waals surface area contributed by atoms with Crippen LogP contribution in [0.5, 0.6) is 5.75 Å². The van der Waals surface area contributed by atoms with E-state index in [2.05, 4.69) is 57.5 Å². The topological polar surface area (TPSA) is 381 Å². The number of aromatic amines is 2. The number of aromatic hydroxyl groups is 1. The number of nitrogens with two attached hydrogens (primary N) is 1. The highest BCUT2D eigenvalue weighted by Crippen LogP contribution is 2.24. The molecule has 94 heavy (non-hydrogen) atoms. The van der Waals surface area contributed by atoms with Crippen LogP contribution in [0.25, 0.3) is 10.9 Å². The van der Waals surface area contributed by atoms with Crippen molar-refractivity contribution in [1.29, 1.82) is 0 Å². The Morgan fingerprint density at radius 2 is 1.05 bits per heavy atom. The average Bonchev–Trinajstić information content (AvgIpc) is 1.59. The summed E-state index contributed by atoms with van der Waals surface area (Å²) in [5, 5.41) is 43.3. The Hall–Kier alpha value is -9.13. The van der Waals surface area contributed by atoms with Gasteiger partial charge in [-0.1, -0.05) is 143 Å². The monoisotopic (exact) mass is 1300 g/mol. The van der Waals surface area contributed by atoms with E-state index in [-0.39, 0.29) is 67.9 Å². The van der Waals surface area contributed by atoms with Crippen LogP contribution in [0.1, 0.15) is 130 Å². The fraction of sp³-hybridized carbons (Fsp3) is 0.522. The van der Waals surface area contributed by atoms with Gasteiger partial charge in [-0.3, -0.25) is 43.2 Å². The van der Waals surface area contributed by atoms with Gasteiger partial charge in [0.2, 0.25) is 53.2 Å². The molecule has 0 saturated carbocycles. The van der Waals surface area contributed by atoms with Crippen LogP contribution in [0.2, 0.25) is 0 Å². The van der Waals surface area contributed by atoms with Crippen molar-refractivity contribution in [3.63, 3.8) is 0 Å². The van der Waals surface area contributed by atoms with Crippen LogP contribution < -0.4 is 48.3 Å². The van der Waals surface area contributed by atoms with Crippen LogP contribution in [0, 0.1) is 29.6 Å². The van der Waals surface area contributed by atoms with Crippen LogP contribution in [0.3, 0.4) is 0 Å². The third kappa shape index (κ3) is 21.2. The van der Waals surface area contributed by atoms with E-state index in [0.717, 1.165) is 10.9 Å². The van der Waals surface area contributed by atoms with Gasteiger partial charge in [0.25, 0.3) is 0 Å². The first-order valence-electron chi connectivity index (χ1n) is 32.7. The third-order valence-electron chi connectivity index (χ3n) is 17.4. The zero-order valence-corrected chi connectivity index (χ0v) is 55.6. The number of benzene rings is 3. The molecule has 510 valence electrons. The largest absolute Gasteiger partial charge is 0.508 e. The normalized spacial score (nSPS) is 16.7. The molecule has 25 nitrogen and oxygen atoms in total. The van der Waals surface area contributed by atoms with Gasteiger partial charge in [0, 0.05) is 61.2 Å². The summed E-state index contributed by atoms with van der Waals surface area (Å²) < 4.78 is 0. The first-order valence-corrected chi connectivity index (χ1v) is 32.7. The zero-order chi connectivity index (χ0) is 68.9. The standard InChI is InChI=1S/C69H97N13O12/c1-11-41(9)57(70)68(92)82-28-18-23-56(82)66(90)78-50(29-38(3)4)60(84)77-55(34-46-36-71-37-73-46)63(87)76-54(33-45-35-72-49-22-17-16-21-48(45)49)65(89)81-59(42(10)12-2)67(91)79-53(31-43-19-14-13-15-20-43)62(86)75-52(32-44-24-26-47(83)27-25-44)61(85)74-51(30-39(5)6)64(88)80-58(40(7)8)69(93)94/h13-17,19-22,24-27,35-42,50-59,72,83H,11-12,18,23,28-34,70H2,1-10H3,(H,71,73)(H,74,85)(H,75,86)(H,76,87)(H,77,84)(H,78,90)(H,79,91)(H,80,88)(H,81,89)(H,93,94)/t41-,42-,50-,51-,52-,53-,54-,55-,56-,57-,58-,59-/m0/s1. The highest BCUT2D eigenvalue weighted by atomic mass is 16.4. The molecule has 14 N–H and O–H groups in total. The number of phenols is 1. The fourth-order valence-corrected chi connectivity index (χ4v) is 11.4. The second kappa shape index (κ2) is 35.2. The highest BCUT2D eigenvalue weighted by molar-refractivity contribution is 5.99. The summed E-state index contributed by atoms with van der Waals surface area (Å²) in [7, 11) is 0. The molecule has 12 atom stereocenters. The van der Waals surface area contributed by atoms with Crippen LogP contribution >= 0.6 is 0 Å². The molecule has 3 heterocycles. The summed E-state index contributed by atoms with van der Waals surface area (Å²) in [6.45, 7) is 18.3. The summed E-state index contributed by atoms with van der Waals surface area (Å²) in [4.78, 5) is 155. The number of hydrogen-bond donors (Lipinski definition) is 13. The number of aliphatic carboxylic acids is 1. The van der Waals surface area contributed by atoms with Gasteiger partial charge in [-0.05, 0) is 90.2 Å². The Morgan fingerprint density at radius 3 is 1.61 bits per heavy atom. The molecule has 25 heteroatoms. The van der Waals surface area contributed by atoms with Crippen molar-refractivity contribution in [2.45, 2.75) is 194 Å². The van der Waals surface area contributed by atoms with E-state index < -0.39 is 125 Å². The van der Waals surface area contributed by atoms with Gasteiger partial charge in [0.1, 0.15) is 60.1 Å². The van der Waals surface area contributed by atoms with Crippen molar-refractivity contribution < 1.29 is 58.2 Å². The third-order valence-corrected chi connectivity index (χ3v) is 17.4. The van der Waals surface area contributed by atoms with E-state index in [1.807, 2.05) is 72.7 Å². The van der Waals surface area contributed by atoms with Crippen molar-refractivity contribution in [2.75, 3.05) is 6.54 Å². The summed E-state index contributed by atoms with van der Waals surface area (Å²) in [6.07, 6.45) is 6.26. The number of H-pyrrole nitrogens is 2. The maximum Gasteiger partial charge on any atom is 0.326 e. The Balaban J connectivity index is 1.30. The molecule has 0 spiro atoms. The number of imidazole rings is 1. The van der Waals surface area contributed by atoms with Crippen molar-refractivity contribution in [1.82, 2.24) is 62.4 Å². The number of carboxylic acids is 1. The molecule has 5 aromatic rings. The fourth-order valence-electron chi connectivity index (χ4n) is 11.4. The van der Waals surface area contributed by atoms with Crippen LogP contribution in [0.4, 0.5) is 0 Å². The van der Waals surface area contributed by atoms with Gasteiger partial charge in [0.05, 0.1) is 12.4 Å². The molecule has 0 bridgehead atoms. The number of rotatable bonds is 35. The Bertz CT molecular complexity index is 3360. The number of fused-ring (bicyclic) bond motifs is 1. The van der Waals surface area contributed by atoms with Gasteiger partial charge >= 0.3 is 5.97 Å². The smallest absolute Gasteiger partial charge is 0.326 e. The number of para-hydroxylation sites is 1. The number of carboxylic acid groups (broad SMARTS) is 1. The molecule has 3 aromatic carbocycles. The van der Waals surface area contributed by atoms with Crippen LogP contribution in [-0.4, -0.2) is 156 Å². The number of phenolic OH excluding ortho intramolecular Hbond substituents is 1. The van der Waals surface area contributed by atoms with Crippen LogP contribution in [-0.2, 0) is 73.6 Å². The molecule has 0 unspecified atom stereocenters. The molecular weight excluding hydrogens is 1200 g/mol. The molecule has 1 fully saturated rings. The van der Waals surface area contributed by atoms with E-state index in [0.29, 0.717) is 54.6 Å². The summed E-state index contributed by atoms with van der Waals surface area (Å²) in [5.74, 6) is -9.14. The van der Waals surface area contributed by atoms with Crippen molar-refractivity contribution in [3.8, 4) is 5.75 Å². The summed E-state index contributed by atoms with van der Waals surface area (Å²) in [6, 6.07) is 9.74. The summed E-state index contributed by atoms with van der Waals surface area (Å²) >= 11 is 0. The maximum atomic E-state index is 15.2. The SMILES string of the molecule is CC[C@H](C)[C@H](N)C(=O)N1CCC[C@H]1C(=O)N[C@@H](CC(C)C)C(=O)N[C@@H](Cc1cnc[nH]1)C(=O)N[C@@H](Cc1c[nH]c2ccccc12)C(=O)N[C@H](C(=O)N[C@@H](Cc1ccccc1)C(=O)N[C@@H](Cc1ccc(O)cc1)C(=O)N[C@@H](CC(C)C)C(=O)N[C@H](C(=O)O)C(C)C)[C@@H](C)CC.